The highest BCUT2D eigenvalue weighted by Gasteiger charge is 2.27. The van der Waals surface area contributed by atoms with Crippen molar-refractivity contribution in [3.8, 4) is 11.9 Å². The molecule has 0 aliphatic carbocycles. The van der Waals surface area contributed by atoms with Crippen molar-refractivity contribution < 1.29 is 9.53 Å². The lowest BCUT2D eigenvalue weighted by atomic mass is 10.1. The first kappa shape index (κ1) is 17.7. The van der Waals surface area contributed by atoms with Gasteiger partial charge in [-0.3, -0.25) is 0 Å². The van der Waals surface area contributed by atoms with Crippen molar-refractivity contribution in [2.24, 2.45) is 0 Å². The average molecular weight is 350 g/mol. The number of carbonyl (C=O) groups excluding carboxylic acids is 1. The number of benzene rings is 1. The van der Waals surface area contributed by atoms with E-state index in [0.717, 1.165) is 19.3 Å². The molecule has 2 aromatic rings. The predicted octanol–water partition coefficient (Wildman–Crippen LogP) is 2.75. The number of urea groups is 1. The number of ether oxygens (including phenoxy) is 1. The first-order valence-corrected chi connectivity index (χ1v) is 8.84. The van der Waals surface area contributed by atoms with E-state index in [1.807, 2.05) is 18.2 Å². The van der Waals surface area contributed by atoms with Crippen molar-refractivity contribution in [3.05, 3.63) is 59.8 Å². The van der Waals surface area contributed by atoms with E-state index in [2.05, 4.69) is 28.5 Å². The van der Waals surface area contributed by atoms with E-state index in [9.17, 15) is 4.79 Å². The number of nitrogens with one attached hydrogen (secondary N) is 1. The van der Waals surface area contributed by atoms with Crippen molar-refractivity contribution in [2.45, 2.75) is 25.4 Å². The highest BCUT2D eigenvalue weighted by Crippen LogP contribution is 2.17. The van der Waals surface area contributed by atoms with Gasteiger partial charge in [-0.15, -0.1) is 0 Å². The highest BCUT2D eigenvalue weighted by molar-refractivity contribution is 5.74. The molecule has 26 heavy (non-hydrogen) atoms. The van der Waals surface area contributed by atoms with Gasteiger partial charge in [0.15, 0.2) is 0 Å². The average Bonchev–Trinajstić information content (AvgIpc) is 3.14. The number of hydrogen-bond acceptors (Lipinski definition) is 4. The fourth-order valence-electron chi connectivity index (χ4n) is 2.97. The van der Waals surface area contributed by atoms with Crippen LogP contribution in [0.2, 0.25) is 0 Å². The summed E-state index contributed by atoms with van der Waals surface area (Å²) < 4.78 is 5.80. The van der Waals surface area contributed by atoms with E-state index >= 15 is 0 Å². The maximum absolute atomic E-state index is 12.3. The van der Waals surface area contributed by atoms with Crippen LogP contribution in [0.4, 0.5) is 4.79 Å². The molecule has 2 heterocycles. The Kier molecular flexibility index (Phi) is 6.05. The zero-order chi connectivity index (χ0) is 18.2. The second kappa shape index (κ2) is 8.86. The molecule has 1 N–H and O–H groups in total. The number of nitriles is 1. The first-order chi connectivity index (χ1) is 12.7. The molecule has 1 unspecified atom stereocenters. The molecule has 1 saturated heterocycles. The van der Waals surface area contributed by atoms with Crippen LogP contribution in [-0.2, 0) is 6.42 Å². The third kappa shape index (κ3) is 4.96. The minimum absolute atomic E-state index is 0.0529. The molecule has 0 spiro atoms. The summed E-state index contributed by atoms with van der Waals surface area (Å²) >= 11 is 0. The van der Waals surface area contributed by atoms with Crippen molar-refractivity contribution in [3.63, 3.8) is 0 Å². The topological polar surface area (TPSA) is 78.2 Å². The number of hydrogen-bond donors (Lipinski definition) is 1. The van der Waals surface area contributed by atoms with Crippen LogP contribution in [0.25, 0.3) is 0 Å². The van der Waals surface area contributed by atoms with Gasteiger partial charge in [0.1, 0.15) is 6.10 Å². The van der Waals surface area contributed by atoms with Crippen molar-refractivity contribution in [1.29, 1.82) is 5.26 Å². The van der Waals surface area contributed by atoms with E-state index < -0.39 is 0 Å². The third-order valence-electron chi connectivity index (χ3n) is 4.34. The fourth-order valence-corrected chi connectivity index (χ4v) is 2.97. The molecular formula is C20H22N4O2. The molecule has 6 heteroatoms. The summed E-state index contributed by atoms with van der Waals surface area (Å²) in [4.78, 5) is 18.1. The molecule has 1 aromatic heterocycles. The van der Waals surface area contributed by atoms with Gasteiger partial charge in [0, 0.05) is 31.8 Å². The van der Waals surface area contributed by atoms with Crippen molar-refractivity contribution in [2.75, 3.05) is 19.6 Å². The van der Waals surface area contributed by atoms with Crippen LogP contribution in [0.1, 0.15) is 24.0 Å². The molecule has 1 aliphatic heterocycles. The van der Waals surface area contributed by atoms with Crippen molar-refractivity contribution >= 4 is 6.03 Å². The normalized spacial score (nSPS) is 16.1. The molecule has 3 rings (SSSR count). The molecule has 2 amide bonds. The summed E-state index contributed by atoms with van der Waals surface area (Å²) in [6, 6.07) is 15.5. The molecular weight excluding hydrogens is 328 g/mol. The van der Waals surface area contributed by atoms with Gasteiger partial charge < -0.3 is 15.0 Å². The van der Waals surface area contributed by atoms with Gasteiger partial charge in [-0.25, -0.2) is 9.78 Å². The Morgan fingerprint density at radius 2 is 2.19 bits per heavy atom. The number of likely N-dealkylation sites (tertiary alicyclic amines) is 1. The summed E-state index contributed by atoms with van der Waals surface area (Å²) in [6.45, 7) is 1.84. The zero-order valence-electron chi connectivity index (χ0n) is 14.6. The smallest absolute Gasteiger partial charge is 0.317 e. The second-order valence-corrected chi connectivity index (χ2v) is 6.29. The molecule has 1 atom stereocenters. The van der Waals surface area contributed by atoms with Gasteiger partial charge >= 0.3 is 6.03 Å². The Morgan fingerprint density at radius 1 is 1.35 bits per heavy atom. The third-order valence-corrected chi connectivity index (χ3v) is 4.34. The Bertz CT molecular complexity index is 773. The standard InChI is InChI=1S/C20H22N4O2/c21-14-17-8-11-22-19(13-17)26-18-9-12-24(15-18)20(25)23-10-4-7-16-5-2-1-3-6-16/h1-3,5-6,8,11,13,18H,4,7,9-10,12,15H2,(H,23,25). The summed E-state index contributed by atoms with van der Waals surface area (Å²) in [5.74, 6) is 0.430. The lowest BCUT2D eigenvalue weighted by Gasteiger charge is -2.17. The Balaban J connectivity index is 1.39. The van der Waals surface area contributed by atoms with Crippen LogP contribution in [0.3, 0.4) is 0 Å². The Morgan fingerprint density at radius 3 is 3.00 bits per heavy atom. The number of pyridine rings is 1. The number of amides is 2. The summed E-state index contributed by atoms with van der Waals surface area (Å²) in [5, 5.41) is 11.9. The van der Waals surface area contributed by atoms with E-state index in [0.29, 0.717) is 31.1 Å². The molecule has 1 fully saturated rings. The van der Waals surface area contributed by atoms with Crippen LogP contribution in [0, 0.1) is 11.3 Å². The minimum Gasteiger partial charge on any atom is -0.472 e. The molecule has 1 aliphatic rings. The second-order valence-electron chi connectivity index (χ2n) is 6.29. The molecule has 6 nitrogen and oxygen atoms in total. The van der Waals surface area contributed by atoms with E-state index in [1.54, 1.807) is 23.2 Å². The van der Waals surface area contributed by atoms with Gasteiger partial charge in [0.2, 0.25) is 5.88 Å². The molecule has 0 saturated carbocycles. The van der Waals surface area contributed by atoms with E-state index in [4.69, 9.17) is 10.00 Å². The van der Waals surface area contributed by atoms with Crippen LogP contribution in [0.15, 0.2) is 48.7 Å². The van der Waals surface area contributed by atoms with Crippen LogP contribution in [0.5, 0.6) is 5.88 Å². The maximum atomic E-state index is 12.3. The lowest BCUT2D eigenvalue weighted by molar-refractivity contribution is 0.183. The minimum atomic E-state index is -0.0912. The van der Waals surface area contributed by atoms with Gasteiger partial charge in [-0.2, -0.15) is 5.26 Å². The summed E-state index contributed by atoms with van der Waals surface area (Å²) in [6.07, 6.45) is 4.09. The monoisotopic (exact) mass is 350 g/mol. The van der Waals surface area contributed by atoms with E-state index in [-0.39, 0.29) is 12.1 Å². The molecule has 0 bridgehead atoms. The van der Waals surface area contributed by atoms with Crippen LogP contribution < -0.4 is 10.1 Å². The Labute approximate surface area is 153 Å². The summed E-state index contributed by atoms with van der Waals surface area (Å²) in [5.41, 5.74) is 1.80. The first-order valence-electron chi connectivity index (χ1n) is 8.84. The molecule has 0 radical (unpaired) electrons. The fraction of sp³-hybridized carbons (Fsp3) is 0.350. The van der Waals surface area contributed by atoms with Crippen LogP contribution in [-0.4, -0.2) is 41.7 Å². The number of aryl methyl sites for hydroxylation is 1. The van der Waals surface area contributed by atoms with Gasteiger partial charge in [0.25, 0.3) is 0 Å². The van der Waals surface area contributed by atoms with Gasteiger partial charge in [0.05, 0.1) is 18.2 Å². The van der Waals surface area contributed by atoms with Gasteiger partial charge in [-0.1, -0.05) is 30.3 Å². The highest BCUT2D eigenvalue weighted by atomic mass is 16.5. The predicted molar refractivity (Wildman–Crippen MR) is 97.7 cm³/mol. The largest absolute Gasteiger partial charge is 0.472 e. The zero-order valence-corrected chi connectivity index (χ0v) is 14.6. The molecule has 1 aromatic carbocycles. The van der Waals surface area contributed by atoms with Crippen molar-refractivity contribution in [1.82, 2.24) is 15.2 Å². The molecule has 134 valence electrons. The quantitative estimate of drug-likeness (QED) is 0.813. The SMILES string of the molecule is N#Cc1ccnc(OC2CCN(C(=O)NCCCc3ccccc3)C2)c1. The lowest BCUT2D eigenvalue weighted by Crippen LogP contribution is -2.39. The maximum Gasteiger partial charge on any atom is 0.317 e. The number of nitrogens with zero attached hydrogens (tertiary/aromatic N) is 3. The van der Waals surface area contributed by atoms with Gasteiger partial charge in [-0.05, 0) is 24.5 Å². The van der Waals surface area contributed by atoms with Crippen LogP contribution >= 0.6 is 0 Å². The number of aromatic nitrogens is 1. The number of rotatable bonds is 6. The number of carbonyl (C=O) groups is 1. The Hall–Kier alpha value is -3.07. The van der Waals surface area contributed by atoms with E-state index in [1.165, 1.54) is 5.56 Å². The summed E-state index contributed by atoms with van der Waals surface area (Å²) in [7, 11) is 0.